The first-order valence-corrected chi connectivity index (χ1v) is 6.75. The number of nitrogens with zero attached hydrogens (tertiary/aromatic N) is 2. The maximum Gasteiger partial charge on any atom is 0.156 e. The Morgan fingerprint density at radius 1 is 1.30 bits per heavy atom. The molecule has 0 spiro atoms. The van der Waals surface area contributed by atoms with Crippen molar-refractivity contribution in [1.29, 1.82) is 0 Å². The van der Waals surface area contributed by atoms with E-state index in [1.807, 2.05) is 30.5 Å². The lowest BCUT2D eigenvalue weighted by molar-refractivity contribution is 0.487. The fourth-order valence-electron chi connectivity index (χ4n) is 2.47. The van der Waals surface area contributed by atoms with Crippen LogP contribution in [0.2, 0.25) is 0 Å². The third-order valence-electron chi connectivity index (χ3n) is 3.64. The molecule has 0 fully saturated rings. The van der Waals surface area contributed by atoms with Gasteiger partial charge in [-0.2, -0.15) is 0 Å². The number of pyridine rings is 1. The molecule has 100 valence electrons. The molecule has 3 rings (SSSR count). The number of allylic oxidation sites excluding steroid dienone is 5. The van der Waals surface area contributed by atoms with Gasteiger partial charge in [0.25, 0.3) is 0 Å². The minimum atomic E-state index is -0.0112. The van der Waals surface area contributed by atoms with E-state index in [-0.39, 0.29) is 5.41 Å². The number of H-pyrrole nitrogens is 1. The lowest BCUT2D eigenvalue weighted by Crippen LogP contribution is -2.18. The van der Waals surface area contributed by atoms with Gasteiger partial charge in [0.1, 0.15) is 5.69 Å². The molecule has 20 heavy (non-hydrogen) atoms. The summed E-state index contributed by atoms with van der Waals surface area (Å²) in [5.74, 6) is 0.815. The summed E-state index contributed by atoms with van der Waals surface area (Å²) < 4.78 is 0. The minimum Gasteiger partial charge on any atom is -0.341 e. The van der Waals surface area contributed by atoms with Gasteiger partial charge in [-0.25, -0.2) is 4.98 Å². The number of aromatic nitrogens is 3. The van der Waals surface area contributed by atoms with Gasteiger partial charge < -0.3 is 4.98 Å². The molecule has 1 atom stereocenters. The molecule has 3 heteroatoms. The quantitative estimate of drug-likeness (QED) is 0.854. The molecule has 2 heterocycles. The molecule has 3 nitrogen and oxygen atoms in total. The van der Waals surface area contributed by atoms with E-state index in [0.29, 0.717) is 0 Å². The number of aromatic amines is 1. The highest BCUT2D eigenvalue weighted by Gasteiger charge is 2.24. The third kappa shape index (κ3) is 2.48. The van der Waals surface area contributed by atoms with Crippen LogP contribution in [-0.4, -0.2) is 15.0 Å². The second kappa shape index (κ2) is 5.29. The maximum atomic E-state index is 4.42. The van der Waals surface area contributed by atoms with Gasteiger partial charge in [0.2, 0.25) is 0 Å². The first-order chi connectivity index (χ1) is 9.81. The van der Waals surface area contributed by atoms with Crippen LogP contribution >= 0.6 is 0 Å². The summed E-state index contributed by atoms with van der Waals surface area (Å²) in [5.41, 5.74) is 1.96. The van der Waals surface area contributed by atoms with Crippen molar-refractivity contribution in [3.63, 3.8) is 0 Å². The first kappa shape index (κ1) is 12.6. The molecular formula is C17H17N3. The highest BCUT2D eigenvalue weighted by atomic mass is 14.9. The smallest absolute Gasteiger partial charge is 0.156 e. The van der Waals surface area contributed by atoms with Crippen LogP contribution in [0.3, 0.4) is 0 Å². The average molecular weight is 263 g/mol. The monoisotopic (exact) mass is 263 g/mol. The Morgan fingerprint density at radius 2 is 2.25 bits per heavy atom. The highest BCUT2D eigenvalue weighted by molar-refractivity contribution is 5.48. The van der Waals surface area contributed by atoms with Gasteiger partial charge in [0, 0.05) is 29.9 Å². The largest absolute Gasteiger partial charge is 0.341 e. The van der Waals surface area contributed by atoms with E-state index in [1.54, 1.807) is 6.20 Å². The normalized spacial score (nSPS) is 21.0. The lowest BCUT2D eigenvalue weighted by atomic mass is 9.78. The first-order valence-electron chi connectivity index (χ1n) is 6.75. The van der Waals surface area contributed by atoms with Crippen molar-refractivity contribution in [2.75, 3.05) is 0 Å². The Kier molecular flexibility index (Phi) is 3.33. The van der Waals surface area contributed by atoms with E-state index < -0.39 is 0 Å². The zero-order valence-electron chi connectivity index (χ0n) is 11.3. The van der Waals surface area contributed by atoms with E-state index >= 15 is 0 Å². The fourth-order valence-corrected chi connectivity index (χ4v) is 2.47. The Labute approximate surface area is 118 Å². The Morgan fingerprint density at radius 3 is 2.95 bits per heavy atom. The molecule has 0 radical (unpaired) electrons. The number of nitrogens with one attached hydrogen (secondary N) is 1. The van der Waals surface area contributed by atoms with Crippen LogP contribution in [0.25, 0.3) is 11.5 Å². The standard InChI is InChI=1S/C17H17N3/c1-2-17(9-5-3-6-10-17)12-14-13-19-16(20-14)15-8-4-7-11-18-15/h2-9,11,13H,1,10,12H2,(H,19,20). The summed E-state index contributed by atoms with van der Waals surface area (Å²) in [6, 6.07) is 5.82. The van der Waals surface area contributed by atoms with Crippen LogP contribution in [0, 0.1) is 5.41 Å². The molecule has 0 aromatic carbocycles. The van der Waals surface area contributed by atoms with Crippen LogP contribution < -0.4 is 0 Å². The van der Waals surface area contributed by atoms with Gasteiger partial charge in [0.15, 0.2) is 5.82 Å². The van der Waals surface area contributed by atoms with Crippen molar-refractivity contribution in [2.24, 2.45) is 5.41 Å². The van der Waals surface area contributed by atoms with E-state index in [4.69, 9.17) is 0 Å². The summed E-state index contributed by atoms with van der Waals surface area (Å²) in [4.78, 5) is 12.1. The van der Waals surface area contributed by atoms with Gasteiger partial charge >= 0.3 is 0 Å². The highest BCUT2D eigenvalue weighted by Crippen LogP contribution is 2.33. The van der Waals surface area contributed by atoms with E-state index in [1.165, 1.54) is 0 Å². The van der Waals surface area contributed by atoms with Gasteiger partial charge in [0.05, 0.1) is 0 Å². The van der Waals surface area contributed by atoms with Crippen molar-refractivity contribution in [3.8, 4) is 11.5 Å². The number of imidazole rings is 1. The van der Waals surface area contributed by atoms with Crippen molar-refractivity contribution < 1.29 is 0 Å². The predicted octanol–water partition coefficient (Wildman–Crippen LogP) is 3.70. The van der Waals surface area contributed by atoms with Crippen molar-refractivity contribution in [3.05, 3.63) is 73.2 Å². The summed E-state index contributed by atoms with van der Waals surface area (Å²) in [7, 11) is 0. The maximum absolute atomic E-state index is 4.42. The number of hydrogen-bond acceptors (Lipinski definition) is 2. The number of hydrogen-bond donors (Lipinski definition) is 1. The summed E-state index contributed by atoms with van der Waals surface area (Å²) in [6.07, 6.45) is 16.1. The van der Waals surface area contributed by atoms with Crippen LogP contribution in [0.15, 0.2) is 67.6 Å². The number of rotatable bonds is 4. The summed E-state index contributed by atoms with van der Waals surface area (Å²) >= 11 is 0. The second-order valence-corrected chi connectivity index (χ2v) is 5.08. The van der Waals surface area contributed by atoms with Gasteiger partial charge in [-0.3, -0.25) is 4.98 Å². The van der Waals surface area contributed by atoms with Crippen LogP contribution in [0.1, 0.15) is 12.1 Å². The molecule has 0 amide bonds. The summed E-state index contributed by atoms with van der Waals surface area (Å²) in [6.45, 7) is 3.99. The zero-order valence-corrected chi connectivity index (χ0v) is 11.3. The molecular weight excluding hydrogens is 246 g/mol. The zero-order chi connectivity index (χ0) is 13.8. The topological polar surface area (TPSA) is 41.6 Å². The molecule has 0 bridgehead atoms. The molecule has 1 aliphatic carbocycles. The van der Waals surface area contributed by atoms with Crippen LogP contribution in [0.4, 0.5) is 0 Å². The fraction of sp³-hybridized carbons (Fsp3) is 0.176. The Bertz CT molecular complexity index is 652. The molecule has 0 saturated carbocycles. The lowest BCUT2D eigenvalue weighted by Gasteiger charge is -2.26. The SMILES string of the molecule is C=CC1(Cc2cnc(-c3ccccn3)[nH]2)C=CC=CC1. The molecule has 1 N–H and O–H groups in total. The van der Waals surface area contributed by atoms with Gasteiger partial charge in [-0.05, 0) is 18.6 Å². The molecule has 0 aliphatic heterocycles. The van der Waals surface area contributed by atoms with Crippen molar-refractivity contribution in [1.82, 2.24) is 15.0 Å². The molecule has 0 saturated heterocycles. The molecule has 1 unspecified atom stereocenters. The van der Waals surface area contributed by atoms with E-state index in [9.17, 15) is 0 Å². The van der Waals surface area contributed by atoms with E-state index in [0.717, 1.165) is 30.1 Å². The average Bonchev–Trinajstić information content (AvgIpc) is 2.97. The van der Waals surface area contributed by atoms with Gasteiger partial charge in [-0.1, -0.05) is 36.4 Å². The summed E-state index contributed by atoms with van der Waals surface area (Å²) in [5, 5.41) is 0. The Hall–Kier alpha value is -2.42. The van der Waals surface area contributed by atoms with Crippen LogP contribution in [-0.2, 0) is 6.42 Å². The molecule has 2 aromatic heterocycles. The molecule has 2 aromatic rings. The van der Waals surface area contributed by atoms with Crippen LogP contribution in [0.5, 0.6) is 0 Å². The van der Waals surface area contributed by atoms with Crippen molar-refractivity contribution in [2.45, 2.75) is 12.8 Å². The third-order valence-corrected chi connectivity index (χ3v) is 3.64. The van der Waals surface area contributed by atoms with Gasteiger partial charge in [-0.15, -0.1) is 6.58 Å². The molecule has 1 aliphatic rings. The Balaban J connectivity index is 1.82. The predicted molar refractivity (Wildman–Crippen MR) is 81.0 cm³/mol. The van der Waals surface area contributed by atoms with Crippen molar-refractivity contribution >= 4 is 0 Å². The second-order valence-electron chi connectivity index (χ2n) is 5.08. The van der Waals surface area contributed by atoms with E-state index in [2.05, 4.69) is 45.8 Å². The minimum absolute atomic E-state index is 0.0112.